The van der Waals surface area contributed by atoms with Crippen LogP contribution in [0.2, 0.25) is 0 Å². The van der Waals surface area contributed by atoms with Gasteiger partial charge in [0.1, 0.15) is 0 Å². The molecular weight excluding hydrogens is 174 g/mol. The molecule has 0 saturated heterocycles. The summed E-state index contributed by atoms with van der Waals surface area (Å²) in [6.45, 7) is 4.33. The van der Waals surface area contributed by atoms with Crippen LogP contribution in [-0.4, -0.2) is 38.3 Å². The van der Waals surface area contributed by atoms with Crippen LogP contribution in [0.1, 0.15) is 39.0 Å². The Morgan fingerprint density at radius 3 is 2.43 bits per heavy atom. The molecule has 0 spiro atoms. The van der Waals surface area contributed by atoms with Crippen molar-refractivity contribution >= 4 is 0 Å². The molecule has 1 fully saturated rings. The maximum atomic E-state index is 5.92. The summed E-state index contributed by atoms with van der Waals surface area (Å²) >= 11 is 0. The molecule has 1 unspecified atom stereocenters. The van der Waals surface area contributed by atoms with Gasteiger partial charge in [0.2, 0.25) is 0 Å². The lowest BCUT2D eigenvalue weighted by Gasteiger charge is -2.24. The molecule has 2 nitrogen and oxygen atoms in total. The van der Waals surface area contributed by atoms with Crippen molar-refractivity contribution in [3.63, 3.8) is 0 Å². The summed E-state index contributed by atoms with van der Waals surface area (Å²) in [5.74, 6) is 0.659. The third kappa shape index (κ3) is 4.97. The van der Waals surface area contributed by atoms with Gasteiger partial charge < -0.3 is 9.64 Å². The maximum absolute atomic E-state index is 5.92. The first-order valence-corrected chi connectivity index (χ1v) is 5.95. The molecule has 84 valence electrons. The van der Waals surface area contributed by atoms with E-state index in [0.29, 0.717) is 12.0 Å². The van der Waals surface area contributed by atoms with Crippen LogP contribution in [0.15, 0.2) is 0 Å². The van der Waals surface area contributed by atoms with Crippen molar-refractivity contribution in [2.24, 2.45) is 5.92 Å². The van der Waals surface area contributed by atoms with Crippen molar-refractivity contribution in [2.75, 3.05) is 27.2 Å². The first-order chi connectivity index (χ1) is 6.68. The van der Waals surface area contributed by atoms with E-state index >= 15 is 0 Å². The summed E-state index contributed by atoms with van der Waals surface area (Å²) in [5.41, 5.74) is 0. The third-order valence-corrected chi connectivity index (χ3v) is 2.85. The lowest BCUT2D eigenvalue weighted by molar-refractivity contribution is 0.00699. The lowest BCUT2D eigenvalue weighted by Crippen LogP contribution is -2.26. The van der Waals surface area contributed by atoms with E-state index in [9.17, 15) is 0 Å². The molecule has 0 aromatic rings. The highest BCUT2D eigenvalue weighted by Crippen LogP contribution is 2.20. The maximum Gasteiger partial charge on any atom is 0.0575 e. The van der Waals surface area contributed by atoms with Gasteiger partial charge in [-0.1, -0.05) is 26.2 Å². The van der Waals surface area contributed by atoms with Gasteiger partial charge in [-0.2, -0.15) is 0 Å². The van der Waals surface area contributed by atoms with E-state index < -0.39 is 0 Å². The molecule has 0 amide bonds. The second-order valence-electron chi connectivity index (χ2n) is 4.96. The quantitative estimate of drug-likeness (QED) is 0.674. The number of hydrogen-bond acceptors (Lipinski definition) is 2. The van der Waals surface area contributed by atoms with Crippen LogP contribution in [0.25, 0.3) is 0 Å². The van der Waals surface area contributed by atoms with Crippen molar-refractivity contribution in [1.29, 1.82) is 0 Å². The predicted octanol–water partition coefficient (Wildman–Crippen LogP) is 2.53. The van der Waals surface area contributed by atoms with Gasteiger partial charge in [-0.05, 0) is 32.9 Å². The van der Waals surface area contributed by atoms with Crippen LogP contribution >= 0.6 is 0 Å². The molecule has 1 saturated carbocycles. The van der Waals surface area contributed by atoms with Gasteiger partial charge in [0.25, 0.3) is 0 Å². The average Bonchev–Trinajstić information content (AvgIpc) is 2.15. The number of hydrogen-bond donors (Lipinski definition) is 0. The van der Waals surface area contributed by atoms with Crippen molar-refractivity contribution in [3.8, 4) is 0 Å². The van der Waals surface area contributed by atoms with Crippen LogP contribution in [0, 0.1) is 5.92 Å². The SMILES string of the molecule is CC(COC1CCCCC1)CN(C)C. The summed E-state index contributed by atoms with van der Waals surface area (Å²) in [6, 6.07) is 0. The Bertz CT molecular complexity index is 141. The van der Waals surface area contributed by atoms with Gasteiger partial charge in [-0.25, -0.2) is 0 Å². The zero-order valence-electron chi connectivity index (χ0n) is 9.96. The molecule has 1 atom stereocenters. The number of nitrogens with zero attached hydrogens (tertiary/aromatic N) is 1. The first kappa shape index (κ1) is 12.0. The van der Waals surface area contributed by atoms with Crippen molar-refractivity contribution in [1.82, 2.24) is 4.90 Å². The van der Waals surface area contributed by atoms with Crippen LogP contribution in [0.3, 0.4) is 0 Å². The molecule has 1 aliphatic rings. The molecule has 0 aliphatic heterocycles. The van der Waals surface area contributed by atoms with Crippen molar-refractivity contribution in [2.45, 2.75) is 45.1 Å². The van der Waals surface area contributed by atoms with E-state index in [1.165, 1.54) is 32.1 Å². The second kappa shape index (κ2) is 6.41. The molecule has 0 bridgehead atoms. The molecule has 0 aromatic heterocycles. The number of rotatable bonds is 5. The van der Waals surface area contributed by atoms with E-state index in [-0.39, 0.29) is 0 Å². The van der Waals surface area contributed by atoms with Crippen LogP contribution < -0.4 is 0 Å². The number of ether oxygens (including phenoxy) is 1. The van der Waals surface area contributed by atoms with E-state index in [4.69, 9.17) is 4.74 Å². The minimum absolute atomic E-state index is 0.563. The van der Waals surface area contributed by atoms with Crippen molar-refractivity contribution < 1.29 is 4.74 Å². The zero-order valence-corrected chi connectivity index (χ0v) is 9.96. The topological polar surface area (TPSA) is 12.5 Å². The Balaban J connectivity index is 2.06. The standard InChI is InChI=1S/C12H25NO/c1-11(9-13(2)3)10-14-12-7-5-4-6-8-12/h11-12H,4-10H2,1-3H3. The van der Waals surface area contributed by atoms with E-state index in [2.05, 4.69) is 25.9 Å². The minimum atomic E-state index is 0.563. The van der Waals surface area contributed by atoms with Gasteiger partial charge in [-0.3, -0.25) is 0 Å². The van der Waals surface area contributed by atoms with Crippen LogP contribution in [0.5, 0.6) is 0 Å². The molecule has 1 aliphatic carbocycles. The fourth-order valence-electron chi connectivity index (χ4n) is 2.21. The van der Waals surface area contributed by atoms with Gasteiger partial charge in [-0.15, -0.1) is 0 Å². The van der Waals surface area contributed by atoms with Crippen LogP contribution in [-0.2, 0) is 4.74 Å². The normalized spacial score (nSPS) is 21.4. The van der Waals surface area contributed by atoms with E-state index in [0.717, 1.165) is 13.2 Å². The highest BCUT2D eigenvalue weighted by atomic mass is 16.5. The van der Waals surface area contributed by atoms with Gasteiger partial charge >= 0.3 is 0 Å². The summed E-state index contributed by atoms with van der Waals surface area (Å²) in [5, 5.41) is 0. The van der Waals surface area contributed by atoms with Gasteiger partial charge in [0, 0.05) is 6.54 Å². The fraction of sp³-hybridized carbons (Fsp3) is 1.00. The van der Waals surface area contributed by atoms with Gasteiger partial charge in [0.05, 0.1) is 12.7 Å². The predicted molar refractivity (Wildman–Crippen MR) is 60.5 cm³/mol. The molecule has 0 heterocycles. The fourth-order valence-corrected chi connectivity index (χ4v) is 2.21. The zero-order chi connectivity index (χ0) is 10.4. The summed E-state index contributed by atoms with van der Waals surface area (Å²) in [4.78, 5) is 2.23. The van der Waals surface area contributed by atoms with E-state index in [1.54, 1.807) is 0 Å². The van der Waals surface area contributed by atoms with Crippen molar-refractivity contribution in [3.05, 3.63) is 0 Å². The van der Waals surface area contributed by atoms with Gasteiger partial charge in [0.15, 0.2) is 0 Å². The minimum Gasteiger partial charge on any atom is -0.378 e. The summed E-state index contributed by atoms with van der Waals surface area (Å²) < 4.78 is 5.92. The van der Waals surface area contributed by atoms with E-state index in [1.807, 2.05) is 0 Å². The highest BCUT2D eigenvalue weighted by Gasteiger charge is 2.14. The lowest BCUT2D eigenvalue weighted by atomic mass is 9.98. The summed E-state index contributed by atoms with van der Waals surface area (Å²) in [7, 11) is 4.24. The Morgan fingerprint density at radius 2 is 1.86 bits per heavy atom. The molecular formula is C12H25NO. The second-order valence-corrected chi connectivity index (χ2v) is 4.96. The largest absolute Gasteiger partial charge is 0.378 e. The molecule has 2 heteroatoms. The molecule has 0 aromatic carbocycles. The Morgan fingerprint density at radius 1 is 1.21 bits per heavy atom. The third-order valence-electron chi connectivity index (χ3n) is 2.85. The smallest absolute Gasteiger partial charge is 0.0575 e. The monoisotopic (exact) mass is 199 g/mol. The Labute approximate surface area is 88.6 Å². The molecule has 0 radical (unpaired) electrons. The molecule has 0 N–H and O–H groups in total. The molecule has 14 heavy (non-hydrogen) atoms. The Kier molecular flexibility index (Phi) is 5.49. The molecule has 1 rings (SSSR count). The highest BCUT2D eigenvalue weighted by molar-refractivity contribution is 4.66. The first-order valence-electron chi connectivity index (χ1n) is 5.95. The summed E-state index contributed by atoms with van der Waals surface area (Å²) in [6.07, 6.45) is 7.28. The van der Waals surface area contributed by atoms with Crippen LogP contribution in [0.4, 0.5) is 0 Å². The Hall–Kier alpha value is -0.0800. The average molecular weight is 199 g/mol.